The molecule has 0 saturated carbocycles. The van der Waals surface area contributed by atoms with E-state index in [-0.39, 0.29) is 12.5 Å². The Balaban J connectivity index is 1.71. The summed E-state index contributed by atoms with van der Waals surface area (Å²) in [5, 5.41) is 87.5. The fourth-order valence-corrected chi connectivity index (χ4v) is 11.1. The van der Waals surface area contributed by atoms with Crippen LogP contribution < -0.4 is 5.32 Å². The number of allylic oxidation sites excluding steroid dienone is 4. The third-order valence-corrected chi connectivity index (χ3v) is 16.4. The molecule has 12 unspecified atom stereocenters. The van der Waals surface area contributed by atoms with E-state index in [0.717, 1.165) is 57.8 Å². The molecule has 14 heteroatoms. The van der Waals surface area contributed by atoms with Crippen LogP contribution in [-0.4, -0.2) is 140 Å². The van der Waals surface area contributed by atoms with Crippen molar-refractivity contribution >= 4 is 5.91 Å². The minimum absolute atomic E-state index is 0.205. The second-order valence-corrected chi connectivity index (χ2v) is 23.6. The van der Waals surface area contributed by atoms with Crippen molar-refractivity contribution in [1.29, 1.82) is 0 Å². The molecule has 0 radical (unpaired) electrons. The molecule has 0 aliphatic carbocycles. The van der Waals surface area contributed by atoms with Gasteiger partial charge in [-0.2, -0.15) is 0 Å². The first-order chi connectivity index (χ1) is 38.6. The van der Waals surface area contributed by atoms with Crippen LogP contribution in [0.1, 0.15) is 290 Å². The Morgan fingerprint density at radius 2 is 0.835 bits per heavy atom. The number of unbranched alkanes of at least 4 members (excludes halogenated alkanes) is 37. The first-order valence-corrected chi connectivity index (χ1v) is 33.1. The molecule has 0 spiro atoms. The van der Waals surface area contributed by atoms with Gasteiger partial charge in [-0.15, -0.1) is 0 Å². The molecule has 0 aromatic carbocycles. The lowest BCUT2D eigenvalue weighted by molar-refractivity contribution is -0.359. The van der Waals surface area contributed by atoms with Gasteiger partial charge in [-0.05, 0) is 44.9 Å². The van der Waals surface area contributed by atoms with Crippen molar-refractivity contribution in [2.45, 2.75) is 364 Å². The minimum Gasteiger partial charge on any atom is -0.394 e. The number of hydrogen-bond acceptors (Lipinski definition) is 13. The zero-order valence-corrected chi connectivity index (χ0v) is 50.4. The number of nitrogens with one attached hydrogen (secondary N) is 1. The van der Waals surface area contributed by atoms with Crippen LogP contribution in [0.25, 0.3) is 0 Å². The van der Waals surface area contributed by atoms with Crippen LogP contribution in [0.5, 0.6) is 0 Å². The van der Waals surface area contributed by atoms with Crippen LogP contribution in [0, 0.1) is 0 Å². The lowest BCUT2D eigenvalue weighted by atomic mass is 9.97. The number of ether oxygens (including phenoxy) is 4. The van der Waals surface area contributed by atoms with Crippen LogP contribution in [0.15, 0.2) is 24.3 Å². The Labute approximate surface area is 481 Å². The second kappa shape index (κ2) is 50.9. The largest absolute Gasteiger partial charge is 0.394 e. The van der Waals surface area contributed by atoms with Gasteiger partial charge in [0.1, 0.15) is 48.8 Å². The molecule has 1 amide bonds. The number of hydrogen-bond donors (Lipinski definition) is 9. The van der Waals surface area contributed by atoms with Crippen molar-refractivity contribution in [3.63, 3.8) is 0 Å². The molecule has 14 nitrogen and oxygen atoms in total. The van der Waals surface area contributed by atoms with Crippen LogP contribution in [0.3, 0.4) is 0 Å². The van der Waals surface area contributed by atoms with Crippen molar-refractivity contribution in [2.75, 3.05) is 19.8 Å². The molecule has 2 saturated heterocycles. The van der Waals surface area contributed by atoms with Gasteiger partial charge in [-0.3, -0.25) is 4.79 Å². The number of aliphatic hydroxyl groups excluding tert-OH is 8. The van der Waals surface area contributed by atoms with Crippen molar-refractivity contribution in [1.82, 2.24) is 5.32 Å². The number of carbonyl (C=O) groups excluding carboxylic acids is 1. The monoisotopic (exact) mass is 1130 g/mol. The second-order valence-electron chi connectivity index (χ2n) is 23.6. The Bertz CT molecular complexity index is 1420. The van der Waals surface area contributed by atoms with Gasteiger partial charge >= 0.3 is 0 Å². The van der Waals surface area contributed by atoms with E-state index in [1.807, 2.05) is 0 Å². The van der Waals surface area contributed by atoms with Gasteiger partial charge in [0.25, 0.3) is 0 Å². The zero-order valence-electron chi connectivity index (χ0n) is 50.4. The van der Waals surface area contributed by atoms with Crippen LogP contribution >= 0.6 is 0 Å². The number of rotatable bonds is 54. The van der Waals surface area contributed by atoms with E-state index >= 15 is 0 Å². The molecule has 2 rings (SSSR count). The van der Waals surface area contributed by atoms with E-state index in [1.165, 1.54) is 205 Å². The highest BCUT2D eigenvalue weighted by Crippen LogP contribution is 2.30. The number of aliphatic hydroxyl groups is 8. The first-order valence-electron chi connectivity index (χ1n) is 33.1. The average Bonchev–Trinajstić information content (AvgIpc) is 3.47. The van der Waals surface area contributed by atoms with Crippen molar-refractivity contribution in [3.05, 3.63) is 24.3 Å². The highest BCUT2D eigenvalue weighted by Gasteiger charge is 2.51. The molecular formula is C65H123NO13. The van der Waals surface area contributed by atoms with Gasteiger partial charge in [0.2, 0.25) is 5.91 Å². The zero-order chi connectivity index (χ0) is 57.4. The van der Waals surface area contributed by atoms with Crippen LogP contribution in [-0.2, 0) is 23.7 Å². The Hall–Kier alpha value is -1.53. The number of amides is 1. The third-order valence-electron chi connectivity index (χ3n) is 16.4. The molecule has 12 atom stereocenters. The molecule has 79 heavy (non-hydrogen) atoms. The van der Waals surface area contributed by atoms with Crippen LogP contribution in [0.2, 0.25) is 0 Å². The molecule has 2 aliphatic heterocycles. The summed E-state index contributed by atoms with van der Waals surface area (Å²) in [5.74, 6) is -0.205. The van der Waals surface area contributed by atoms with Crippen molar-refractivity contribution in [3.8, 4) is 0 Å². The average molecular weight is 1130 g/mol. The van der Waals surface area contributed by atoms with E-state index in [2.05, 4.69) is 43.5 Å². The molecule has 9 N–H and O–H groups in total. The summed E-state index contributed by atoms with van der Waals surface area (Å²) in [4.78, 5) is 13.3. The van der Waals surface area contributed by atoms with E-state index < -0.39 is 86.8 Å². The van der Waals surface area contributed by atoms with E-state index in [1.54, 1.807) is 0 Å². The van der Waals surface area contributed by atoms with Crippen molar-refractivity contribution in [2.24, 2.45) is 0 Å². The Morgan fingerprint density at radius 3 is 1.27 bits per heavy atom. The molecule has 2 aliphatic rings. The molecule has 0 aromatic heterocycles. The first kappa shape index (κ1) is 73.6. The topological polar surface area (TPSA) is 228 Å². The summed E-state index contributed by atoms with van der Waals surface area (Å²) in [6.45, 7) is 2.89. The van der Waals surface area contributed by atoms with E-state index in [0.29, 0.717) is 12.8 Å². The van der Waals surface area contributed by atoms with Gasteiger partial charge < -0.3 is 65.1 Å². The highest BCUT2D eigenvalue weighted by molar-refractivity contribution is 5.76. The Kier molecular flexibility index (Phi) is 47.4. The summed E-state index contributed by atoms with van der Waals surface area (Å²) < 4.78 is 22.9. The van der Waals surface area contributed by atoms with E-state index in [4.69, 9.17) is 18.9 Å². The van der Waals surface area contributed by atoms with Crippen LogP contribution in [0.4, 0.5) is 0 Å². The third kappa shape index (κ3) is 36.0. The summed E-state index contributed by atoms with van der Waals surface area (Å²) in [6.07, 6.45) is 44.6. The highest BCUT2D eigenvalue weighted by atomic mass is 16.7. The minimum atomic E-state index is -1.78. The quantitative estimate of drug-likeness (QED) is 0.0204. The summed E-state index contributed by atoms with van der Waals surface area (Å²) in [6, 6.07) is -0.829. The van der Waals surface area contributed by atoms with Gasteiger partial charge in [-0.25, -0.2) is 0 Å². The SMILES string of the molecule is CCCCCCC/C=C\C/C=C\CCCCCCCCCCCCCC(=O)NC(COC1OC(CO)C(OC2OC(CO)C(O)C(O)C2O)C(O)C1O)C(O)CCCCCCCCCCCCCCCCCCCCCCCC. The standard InChI is InChI=1S/C65H123NO13/c1-3-5-7-9-11-13-15-17-19-21-23-25-27-29-31-33-35-37-39-41-43-45-47-49-57(70)66-53(52-76-64-62(75)60(73)63(56(51-68)78-64)79-65-61(74)59(72)58(71)55(50-67)77-65)54(69)48-46-44-42-40-38-36-34-32-30-28-26-24-22-20-18-16-14-12-10-8-6-4-2/h15,17,21,23,53-56,58-65,67-69,71-75H,3-14,16,18-20,22,24-52H2,1-2H3,(H,66,70)/b17-15-,23-21-. The molecule has 466 valence electrons. The fraction of sp³-hybridized carbons (Fsp3) is 0.923. The molecule has 2 fully saturated rings. The fourth-order valence-electron chi connectivity index (χ4n) is 11.1. The van der Waals surface area contributed by atoms with Gasteiger partial charge in [0.15, 0.2) is 12.6 Å². The lowest BCUT2D eigenvalue weighted by Crippen LogP contribution is -2.65. The summed E-state index contributed by atoms with van der Waals surface area (Å²) >= 11 is 0. The smallest absolute Gasteiger partial charge is 0.220 e. The molecule has 2 heterocycles. The Morgan fingerprint density at radius 1 is 0.456 bits per heavy atom. The maximum Gasteiger partial charge on any atom is 0.220 e. The van der Waals surface area contributed by atoms with Gasteiger partial charge in [0, 0.05) is 6.42 Å². The van der Waals surface area contributed by atoms with E-state index in [9.17, 15) is 45.6 Å². The summed E-state index contributed by atoms with van der Waals surface area (Å²) in [7, 11) is 0. The number of carbonyl (C=O) groups is 1. The molecule has 0 aromatic rings. The maximum atomic E-state index is 13.3. The molecule has 0 bridgehead atoms. The predicted octanol–water partition coefficient (Wildman–Crippen LogP) is 12.4. The maximum absolute atomic E-state index is 13.3. The molecular weight excluding hydrogens is 1000 g/mol. The lowest BCUT2D eigenvalue weighted by Gasteiger charge is -2.46. The van der Waals surface area contributed by atoms with Crippen molar-refractivity contribution < 1.29 is 64.6 Å². The predicted molar refractivity (Wildman–Crippen MR) is 318 cm³/mol. The summed E-state index contributed by atoms with van der Waals surface area (Å²) in [5.41, 5.74) is 0. The van der Waals surface area contributed by atoms with Gasteiger partial charge in [0.05, 0.1) is 32.0 Å². The van der Waals surface area contributed by atoms with Gasteiger partial charge in [-0.1, -0.05) is 263 Å². The normalized spacial score (nSPS) is 24.5.